The Morgan fingerprint density at radius 2 is 1.81 bits per heavy atom. The van der Waals surface area contributed by atoms with Gasteiger partial charge in [0.1, 0.15) is 5.75 Å². The van der Waals surface area contributed by atoms with E-state index in [0.29, 0.717) is 0 Å². The average Bonchev–Trinajstić information content (AvgIpc) is 2.54. The first-order chi connectivity index (χ1) is 10.4. The lowest BCUT2D eigenvalue weighted by Crippen LogP contribution is -2.05. The van der Waals surface area contributed by atoms with Crippen molar-refractivity contribution in [2.24, 2.45) is 5.10 Å². The largest absolute Gasteiger partial charge is 0.494 e. The molecule has 2 aromatic rings. The average molecular weight is 282 g/mol. The summed E-state index contributed by atoms with van der Waals surface area (Å²) in [6, 6.07) is 18.2. The molecule has 0 aliphatic rings. The lowest BCUT2D eigenvalue weighted by Gasteiger charge is -2.05. The van der Waals surface area contributed by atoms with Crippen LogP contribution in [-0.4, -0.2) is 12.8 Å². The summed E-state index contributed by atoms with van der Waals surface area (Å²) < 4.78 is 5.62. The van der Waals surface area contributed by atoms with Crippen molar-refractivity contribution in [1.82, 2.24) is 5.43 Å². The van der Waals surface area contributed by atoms with Crippen LogP contribution in [0.15, 0.2) is 59.7 Å². The van der Waals surface area contributed by atoms with Crippen molar-refractivity contribution in [3.8, 4) is 5.75 Å². The number of rotatable bonds is 8. The van der Waals surface area contributed by atoms with Crippen LogP contribution in [0.3, 0.4) is 0 Å². The van der Waals surface area contributed by atoms with Crippen LogP contribution in [-0.2, 0) is 6.54 Å². The molecule has 0 aromatic heterocycles. The molecular formula is C18H22N2O. The van der Waals surface area contributed by atoms with E-state index in [1.54, 1.807) is 0 Å². The maximum Gasteiger partial charge on any atom is 0.119 e. The Morgan fingerprint density at radius 1 is 1.05 bits per heavy atom. The molecule has 21 heavy (non-hydrogen) atoms. The Bertz CT molecular complexity index is 535. The minimum Gasteiger partial charge on any atom is -0.494 e. The van der Waals surface area contributed by atoms with E-state index in [2.05, 4.69) is 29.6 Å². The molecule has 0 aliphatic carbocycles. The van der Waals surface area contributed by atoms with Crippen LogP contribution in [0, 0.1) is 0 Å². The molecule has 3 nitrogen and oxygen atoms in total. The number of unbranched alkanes of at least 4 members (excludes halogenated alkanes) is 1. The maximum atomic E-state index is 5.62. The van der Waals surface area contributed by atoms with Crippen molar-refractivity contribution in [3.63, 3.8) is 0 Å². The third kappa shape index (κ3) is 5.69. The summed E-state index contributed by atoms with van der Waals surface area (Å²) in [4.78, 5) is 0. The third-order valence-electron chi connectivity index (χ3n) is 3.08. The van der Waals surface area contributed by atoms with Gasteiger partial charge in [-0.2, -0.15) is 5.10 Å². The van der Waals surface area contributed by atoms with Crippen LogP contribution in [0.2, 0.25) is 0 Å². The molecule has 0 saturated carbocycles. The van der Waals surface area contributed by atoms with Gasteiger partial charge in [0.2, 0.25) is 0 Å². The van der Waals surface area contributed by atoms with Crippen molar-refractivity contribution < 1.29 is 4.74 Å². The summed E-state index contributed by atoms with van der Waals surface area (Å²) in [5, 5.41) is 4.23. The second kappa shape index (κ2) is 8.80. The zero-order chi connectivity index (χ0) is 14.8. The van der Waals surface area contributed by atoms with E-state index in [1.807, 2.05) is 48.7 Å². The van der Waals surface area contributed by atoms with Crippen LogP contribution in [0.5, 0.6) is 5.75 Å². The second-order valence-electron chi connectivity index (χ2n) is 4.85. The fourth-order valence-electron chi connectivity index (χ4n) is 1.84. The molecule has 0 amide bonds. The van der Waals surface area contributed by atoms with E-state index >= 15 is 0 Å². The van der Waals surface area contributed by atoms with Gasteiger partial charge in [-0.05, 0) is 41.8 Å². The summed E-state index contributed by atoms with van der Waals surface area (Å²) in [5.41, 5.74) is 5.32. The number of nitrogens with zero attached hydrogens (tertiary/aromatic N) is 1. The van der Waals surface area contributed by atoms with Crippen molar-refractivity contribution in [2.45, 2.75) is 26.3 Å². The van der Waals surface area contributed by atoms with Gasteiger partial charge in [-0.1, -0.05) is 43.7 Å². The summed E-state index contributed by atoms with van der Waals surface area (Å²) in [5.74, 6) is 0.915. The molecule has 0 unspecified atom stereocenters. The van der Waals surface area contributed by atoms with Crippen LogP contribution >= 0.6 is 0 Å². The maximum absolute atomic E-state index is 5.62. The Hall–Kier alpha value is -2.29. The zero-order valence-corrected chi connectivity index (χ0v) is 12.5. The Morgan fingerprint density at radius 3 is 2.52 bits per heavy atom. The number of benzene rings is 2. The van der Waals surface area contributed by atoms with Crippen molar-refractivity contribution >= 4 is 6.21 Å². The summed E-state index contributed by atoms with van der Waals surface area (Å²) in [6.07, 6.45) is 4.06. The van der Waals surface area contributed by atoms with Crippen LogP contribution in [0.1, 0.15) is 30.9 Å². The van der Waals surface area contributed by atoms with E-state index in [9.17, 15) is 0 Å². The van der Waals surface area contributed by atoms with E-state index in [0.717, 1.165) is 37.3 Å². The molecule has 3 heteroatoms. The van der Waals surface area contributed by atoms with Gasteiger partial charge < -0.3 is 10.2 Å². The standard InChI is InChI=1S/C18H22N2O/c1-2-3-13-21-18-11-9-17(10-12-18)15-20-19-14-16-7-5-4-6-8-16/h4-12,15,19H,2-3,13-14H2,1H3. The van der Waals surface area contributed by atoms with E-state index in [1.165, 1.54) is 5.56 Å². The molecule has 0 spiro atoms. The quantitative estimate of drug-likeness (QED) is 0.451. The fraction of sp³-hybridized carbons (Fsp3) is 0.278. The summed E-state index contributed by atoms with van der Waals surface area (Å²) in [7, 11) is 0. The monoisotopic (exact) mass is 282 g/mol. The van der Waals surface area contributed by atoms with Crippen molar-refractivity contribution in [1.29, 1.82) is 0 Å². The highest BCUT2D eigenvalue weighted by atomic mass is 16.5. The first-order valence-corrected chi connectivity index (χ1v) is 7.41. The van der Waals surface area contributed by atoms with Gasteiger partial charge in [-0.15, -0.1) is 0 Å². The predicted octanol–water partition coefficient (Wildman–Crippen LogP) is 3.99. The molecule has 1 N–H and O–H groups in total. The van der Waals surface area contributed by atoms with Gasteiger partial charge in [0.15, 0.2) is 0 Å². The molecule has 0 fully saturated rings. The normalized spacial score (nSPS) is 10.7. The molecule has 0 saturated heterocycles. The predicted molar refractivity (Wildman–Crippen MR) is 87.7 cm³/mol. The Labute approximate surface area is 126 Å². The molecule has 0 aliphatic heterocycles. The summed E-state index contributed by atoms with van der Waals surface area (Å²) >= 11 is 0. The fourth-order valence-corrected chi connectivity index (χ4v) is 1.84. The minimum atomic E-state index is 0.732. The number of hydrogen-bond donors (Lipinski definition) is 1. The zero-order valence-electron chi connectivity index (χ0n) is 12.5. The van der Waals surface area contributed by atoms with E-state index in [-0.39, 0.29) is 0 Å². The molecule has 0 heterocycles. The lowest BCUT2D eigenvalue weighted by molar-refractivity contribution is 0.309. The highest BCUT2D eigenvalue weighted by molar-refractivity contribution is 5.79. The van der Waals surface area contributed by atoms with Gasteiger partial charge in [-0.25, -0.2) is 0 Å². The van der Waals surface area contributed by atoms with Crippen LogP contribution in [0.4, 0.5) is 0 Å². The Kier molecular flexibility index (Phi) is 6.33. The number of hydrogen-bond acceptors (Lipinski definition) is 3. The van der Waals surface area contributed by atoms with Crippen LogP contribution < -0.4 is 10.2 Å². The number of nitrogens with one attached hydrogen (secondary N) is 1. The molecule has 0 radical (unpaired) electrons. The topological polar surface area (TPSA) is 33.6 Å². The summed E-state index contributed by atoms with van der Waals surface area (Å²) in [6.45, 7) is 3.67. The van der Waals surface area contributed by atoms with Gasteiger partial charge in [-0.3, -0.25) is 0 Å². The van der Waals surface area contributed by atoms with E-state index < -0.39 is 0 Å². The number of hydrazone groups is 1. The molecule has 2 aromatic carbocycles. The first kappa shape index (κ1) is 15.1. The third-order valence-corrected chi connectivity index (χ3v) is 3.08. The van der Waals surface area contributed by atoms with Gasteiger partial charge in [0.25, 0.3) is 0 Å². The second-order valence-corrected chi connectivity index (χ2v) is 4.85. The molecule has 0 atom stereocenters. The molecule has 110 valence electrons. The molecule has 2 rings (SSSR count). The highest BCUT2D eigenvalue weighted by Crippen LogP contribution is 2.11. The lowest BCUT2D eigenvalue weighted by atomic mass is 10.2. The van der Waals surface area contributed by atoms with Crippen LogP contribution in [0.25, 0.3) is 0 Å². The Balaban J connectivity index is 1.76. The molecular weight excluding hydrogens is 260 g/mol. The SMILES string of the molecule is CCCCOc1ccc(C=NNCc2ccccc2)cc1. The molecule has 0 bridgehead atoms. The van der Waals surface area contributed by atoms with Gasteiger partial charge >= 0.3 is 0 Å². The van der Waals surface area contributed by atoms with Crippen molar-refractivity contribution in [3.05, 3.63) is 65.7 Å². The highest BCUT2D eigenvalue weighted by Gasteiger charge is 1.93. The van der Waals surface area contributed by atoms with Gasteiger partial charge in [0, 0.05) is 0 Å². The van der Waals surface area contributed by atoms with Gasteiger partial charge in [0.05, 0.1) is 19.4 Å². The minimum absolute atomic E-state index is 0.732. The smallest absolute Gasteiger partial charge is 0.119 e. The first-order valence-electron chi connectivity index (χ1n) is 7.41. The van der Waals surface area contributed by atoms with Crippen molar-refractivity contribution in [2.75, 3.05) is 6.61 Å². The van der Waals surface area contributed by atoms with E-state index in [4.69, 9.17) is 4.74 Å². The number of ether oxygens (including phenoxy) is 1.